The highest BCUT2D eigenvalue weighted by atomic mass is 15.1. The highest BCUT2D eigenvalue weighted by molar-refractivity contribution is 4.91. The fourth-order valence-corrected chi connectivity index (χ4v) is 2.81. The predicted octanol–water partition coefficient (Wildman–Crippen LogP) is 3.05. The van der Waals surface area contributed by atoms with E-state index in [9.17, 15) is 0 Å². The van der Waals surface area contributed by atoms with Gasteiger partial charge in [0.15, 0.2) is 0 Å². The van der Waals surface area contributed by atoms with Gasteiger partial charge in [-0.3, -0.25) is 0 Å². The molecule has 1 spiro atoms. The lowest BCUT2D eigenvalue weighted by Crippen LogP contribution is -2.43. The minimum atomic E-state index is 0.836. The molecule has 0 aromatic rings. The van der Waals surface area contributed by atoms with E-state index < -0.39 is 0 Å². The molecular formula is C12H23N. The summed E-state index contributed by atoms with van der Waals surface area (Å²) < 4.78 is 0. The largest absolute Gasteiger partial charge is 0.303 e. The summed E-state index contributed by atoms with van der Waals surface area (Å²) in [7, 11) is 0. The van der Waals surface area contributed by atoms with Gasteiger partial charge >= 0.3 is 0 Å². The minimum Gasteiger partial charge on any atom is -0.303 e. The molecule has 0 aromatic heterocycles. The van der Waals surface area contributed by atoms with Crippen molar-refractivity contribution in [3.05, 3.63) is 0 Å². The summed E-state index contributed by atoms with van der Waals surface area (Å²) in [5.41, 5.74) is 0.836. The summed E-state index contributed by atoms with van der Waals surface area (Å²) in [6, 6.07) is 0. The zero-order valence-corrected chi connectivity index (χ0v) is 9.02. The third-order valence-corrected chi connectivity index (χ3v) is 4.16. The van der Waals surface area contributed by atoms with E-state index in [1.807, 2.05) is 0 Å². The number of likely N-dealkylation sites (tertiary alicyclic amines) is 1. The van der Waals surface area contributed by atoms with Crippen molar-refractivity contribution in [2.45, 2.75) is 51.9 Å². The Morgan fingerprint density at radius 3 is 2.23 bits per heavy atom. The van der Waals surface area contributed by atoms with Gasteiger partial charge in [0.05, 0.1) is 0 Å². The lowest BCUT2D eigenvalue weighted by atomic mass is 9.63. The molecule has 0 N–H and O–H groups in total. The van der Waals surface area contributed by atoms with Crippen LogP contribution >= 0.6 is 0 Å². The van der Waals surface area contributed by atoms with E-state index in [0.29, 0.717) is 0 Å². The third kappa shape index (κ3) is 2.07. The van der Waals surface area contributed by atoms with Crippen LogP contribution < -0.4 is 0 Å². The molecule has 13 heavy (non-hydrogen) atoms. The summed E-state index contributed by atoms with van der Waals surface area (Å²) >= 11 is 0. The third-order valence-electron chi connectivity index (χ3n) is 4.16. The van der Waals surface area contributed by atoms with Gasteiger partial charge in [0.1, 0.15) is 0 Å². The Morgan fingerprint density at radius 1 is 1.08 bits per heavy atom. The SMILES string of the molecule is CCCCN1CCC2(CCC2)CC1. The molecule has 1 aliphatic heterocycles. The second kappa shape index (κ2) is 4.00. The van der Waals surface area contributed by atoms with Crippen molar-refractivity contribution in [3.63, 3.8) is 0 Å². The van der Waals surface area contributed by atoms with Crippen LogP contribution in [0, 0.1) is 5.41 Å². The molecule has 1 saturated heterocycles. The van der Waals surface area contributed by atoms with Crippen molar-refractivity contribution >= 4 is 0 Å². The molecule has 2 fully saturated rings. The maximum Gasteiger partial charge on any atom is -0.00134 e. The molecule has 0 unspecified atom stereocenters. The first-order valence-corrected chi connectivity index (χ1v) is 6.07. The lowest BCUT2D eigenvalue weighted by molar-refractivity contribution is 0.0331. The zero-order valence-electron chi connectivity index (χ0n) is 9.02. The second-order valence-electron chi connectivity index (χ2n) is 5.05. The molecule has 2 aliphatic rings. The molecule has 1 heteroatoms. The summed E-state index contributed by atoms with van der Waals surface area (Å²) in [6.45, 7) is 6.42. The van der Waals surface area contributed by atoms with Crippen LogP contribution in [0.15, 0.2) is 0 Å². The van der Waals surface area contributed by atoms with Crippen LogP contribution in [0.4, 0.5) is 0 Å². The van der Waals surface area contributed by atoms with Crippen LogP contribution in [0.3, 0.4) is 0 Å². The van der Waals surface area contributed by atoms with E-state index in [2.05, 4.69) is 11.8 Å². The Bertz CT molecular complexity index is 151. The Morgan fingerprint density at radius 2 is 1.77 bits per heavy atom. The lowest BCUT2D eigenvalue weighted by Gasteiger charge is -2.48. The number of hydrogen-bond acceptors (Lipinski definition) is 1. The monoisotopic (exact) mass is 181 g/mol. The van der Waals surface area contributed by atoms with E-state index in [0.717, 1.165) is 5.41 Å². The molecule has 0 bridgehead atoms. The smallest absolute Gasteiger partial charge is 0.00134 e. The van der Waals surface area contributed by atoms with Gasteiger partial charge in [-0.25, -0.2) is 0 Å². The number of nitrogens with zero attached hydrogens (tertiary/aromatic N) is 1. The van der Waals surface area contributed by atoms with Gasteiger partial charge in [-0.1, -0.05) is 19.8 Å². The van der Waals surface area contributed by atoms with Crippen LogP contribution in [-0.4, -0.2) is 24.5 Å². The predicted molar refractivity (Wildman–Crippen MR) is 56.9 cm³/mol. The summed E-state index contributed by atoms with van der Waals surface area (Å²) in [5, 5.41) is 0. The second-order valence-corrected chi connectivity index (χ2v) is 5.05. The van der Waals surface area contributed by atoms with Crippen molar-refractivity contribution in [1.82, 2.24) is 4.90 Å². The van der Waals surface area contributed by atoms with Crippen LogP contribution in [-0.2, 0) is 0 Å². The van der Waals surface area contributed by atoms with Crippen molar-refractivity contribution < 1.29 is 0 Å². The molecule has 0 atom stereocenters. The average Bonchev–Trinajstić information content (AvgIpc) is 2.13. The van der Waals surface area contributed by atoms with Gasteiger partial charge in [0.25, 0.3) is 0 Å². The first-order valence-electron chi connectivity index (χ1n) is 6.07. The molecule has 76 valence electrons. The molecule has 0 radical (unpaired) electrons. The molecular weight excluding hydrogens is 158 g/mol. The first-order chi connectivity index (χ1) is 6.35. The number of hydrogen-bond donors (Lipinski definition) is 0. The summed E-state index contributed by atoms with van der Waals surface area (Å²) in [5.74, 6) is 0. The molecule has 0 aromatic carbocycles. The Balaban J connectivity index is 1.70. The van der Waals surface area contributed by atoms with Crippen molar-refractivity contribution in [3.8, 4) is 0 Å². The average molecular weight is 181 g/mol. The van der Waals surface area contributed by atoms with Crippen LogP contribution in [0.5, 0.6) is 0 Å². The van der Waals surface area contributed by atoms with Gasteiger partial charge in [-0.05, 0) is 57.2 Å². The molecule has 1 saturated carbocycles. The Labute approximate surface area is 82.5 Å². The Kier molecular flexibility index (Phi) is 2.92. The van der Waals surface area contributed by atoms with E-state index in [4.69, 9.17) is 0 Å². The number of piperidine rings is 1. The minimum absolute atomic E-state index is 0.836. The van der Waals surface area contributed by atoms with Crippen molar-refractivity contribution in [2.75, 3.05) is 19.6 Å². The highest BCUT2D eigenvalue weighted by Crippen LogP contribution is 2.48. The fourth-order valence-electron chi connectivity index (χ4n) is 2.81. The normalized spacial score (nSPS) is 27.5. The van der Waals surface area contributed by atoms with E-state index in [-0.39, 0.29) is 0 Å². The quantitative estimate of drug-likeness (QED) is 0.647. The number of unbranched alkanes of at least 4 members (excludes halogenated alkanes) is 1. The van der Waals surface area contributed by atoms with Crippen LogP contribution in [0.2, 0.25) is 0 Å². The van der Waals surface area contributed by atoms with Gasteiger partial charge in [-0.2, -0.15) is 0 Å². The van der Waals surface area contributed by atoms with Gasteiger partial charge < -0.3 is 4.90 Å². The fraction of sp³-hybridized carbons (Fsp3) is 1.00. The van der Waals surface area contributed by atoms with Crippen molar-refractivity contribution in [1.29, 1.82) is 0 Å². The van der Waals surface area contributed by atoms with E-state index in [1.54, 1.807) is 0 Å². The topological polar surface area (TPSA) is 3.24 Å². The van der Waals surface area contributed by atoms with E-state index in [1.165, 1.54) is 64.6 Å². The Hall–Kier alpha value is -0.0400. The van der Waals surface area contributed by atoms with E-state index >= 15 is 0 Å². The zero-order chi connectivity index (χ0) is 9.15. The summed E-state index contributed by atoms with van der Waals surface area (Å²) in [6.07, 6.45) is 10.3. The molecule has 0 amide bonds. The maximum absolute atomic E-state index is 2.67. The maximum atomic E-state index is 2.67. The number of rotatable bonds is 3. The van der Waals surface area contributed by atoms with Crippen molar-refractivity contribution in [2.24, 2.45) is 5.41 Å². The van der Waals surface area contributed by atoms with Crippen LogP contribution in [0.25, 0.3) is 0 Å². The summed E-state index contributed by atoms with van der Waals surface area (Å²) in [4.78, 5) is 2.67. The molecule has 1 nitrogen and oxygen atoms in total. The molecule has 1 heterocycles. The highest BCUT2D eigenvalue weighted by Gasteiger charge is 2.39. The van der Waals surface area contributed by atoms with Crippen LogP contribution in [0.1, 0.15) is 51.9 Å². The standard InChI is InChI=1S/C12H23N/c1-2-3-9-13-10-7-12(8-11-13)5-4-6-12/h2-11H2,1H3. The van der Waals surface area contributed by atoms with Gasteiger partial charge in [-0.15, -0.1) is 0 Å². The molecule has 1 aliphatic carbocycles. The van der Waals surface area contributed by atoms with Gasteiger partial charge in [0.2, 0.25) is 0 Å². The molecule has 2 rings (SSSR count). The van der Waals surface area contributed by atoms with Gasteiger partial charge in [0, 0.05) is 0 Å². The first kappa shape index (κ1) is 9.51.